The Hall–Kier alpha value is -5.14. The fraction of sp³-hybridized carbons (Fsp3) is 0.385. The molecule has 5 aliphatic rings. The van der Waals surface area contributed by atoms with Gasteiger partial charge in [0.25, 0.3) is 0 Å². The maximum Gasteiger partial charge on any atom is 0.200 e. The van der Waals surface area contributed by atoms with Crippen molar-refractivity contribution in [3.05, 3.63) is 110 Å². The molecule has 278 valence electrons. The zero-order valence-electron chi connectivity index (χ0n) is 33.8. The van der Waals surface area contributed by atoms with Crippen molar-refractivity contribution in [1.29, 1.82) is 5.26 Å². The quantitative estimate of drug-likeness (QED) is 0.146. The van der Waals surface area contributed by atoms with Crippen molar-refractivity contribution in [2.24, 2.45) is 11.8 Å². The smallest absolute Gasteiger partial charge is 0.200 e. The zero-order chi connectivity index (χ0) is 38.5. The first-order valence-electron chi connectivity index (χ1n) is 21.0. The Bertz CT molecular complexity index is 3210. The average molecular weight is 733 g/mol. The standard InChI is InChI=1S/C52H48N2O2/c1-50(2,3)37-23-38(51(4,5)6)45-46-40(54-39-21-35-42(22-34(39)43(37)48(45)54)56-41-12-10-9-11-30(41)49(35)55)18-29(24-53)47-44(46)33-19-31-27-14-25-13-26(15-27)17-28(16-25)32(31)20-36(33)52(47,7)8/h9-12,18-23,25-28H,13-17H2,1-8H3. The molecular weight excluding hydrogens is 685 g/mol. The Morgan fingerprint density at radius 3 is 2.05 bits per heavy atom. The van der Waals surface area contributed by atoms with Crippen molar-refractivity contribution in [2.45, 2.75) is 116 Å². The molecule has 0 saturated heterocycles. The summed E-state index contributed by atoms with van der Waals surface area (Å²) in [6, 6.07) is 24.4. The van der Waals surface area contributed by atoms with E-state index in [4.69, 9.17) is 4.42 Å². The predicted octanol–water partition coefficient (Wildman–Crippen LogP) is 13.3. The molecule has 4 nitrogen and oxygen atoms in total. The number of fused-ring (bicyclic) bond motifs is 12. The summed E-state index contributed by atoms with van der Waals surface area (Å²) in [5, 5.41) is 17.1. The predicted molar refractivity (Wildman–Crippen MR) is 230 cm³/mol. The molecule has 4 bridgehead atoms. The number of nitriles is 1. The molecule has 8 aromatic rings. The molecule has 2 fully saturated rings. The fourth-order valence-electron chi connectivity index (χ4n) is 12.9. The largest absolute Gasteiger partial charge is 0.456 e. The van der Waals surface area contributed by atoms with Crippen molar-refractivity contribution in [3.63, 3.8) is 0 Å². The highest BCUT2D eigenvalue weighted by molar-refractivity contribution is 6.30. The Morgan fingerprint density at radius 2 is 1.38 bits per heavy atom. The summed E-state index contributed by atoms with van der Waals surface area (Å²) in [6.45, 7) is 18.7. The van der Waals surface area contributed by atoms with Gasteiger partial charge in [0.1, 0.15) is 11.2 Å². The molecule has 3 aromatic heterocycles. The number of hydrogen-bond donors (Lipinski definition) is 0. The number of rotatable bonds is 0. The summed E-state index contributed by atoms with van der Waals surface area (Å²) in [4.78, 5) is 14.2. The first-order chi connectivity index (χ1) is 26.6. The third-order valence-electron chi connectivity index (χ3n) is 15.1. The van der Waals surface area contributed by atoms with Crippen LogP contribution in [0.25, 0.3) is 71.2 Å². The molecule has 0 aliphatic heterocycles. The topological polar surface area (TPSA) is 58.4 Å². The van der Waals surface area contributed by atoms with Crippen molar-refractivity contribution in [2.75, 3.05) is 0 Å². The van der Waals surface area contributed by atoms with Gasteiger partial charge >= 0.3 is 0 Å². The maximum absolute atomic E-state index is 14.2. The second-order valence-electron chi connectivity index (χ2n) is 20.8. The molecule has 2 saturated carbocycles. The molecule has 13 rings (SSSR count). The van der Waals surface area contributed by atoms with E-state index in [1.165, 1.54) is 87.2 Å². The Morgan fingerprint density at radius 1 is 0.714 bits per heavy atom. The van der Waals surface area contributed by atoms with Gasteiger partial charge in [0, 0.05) is 27.0 Å². The molecule has 2 unspecified atom stereocenters. The summed E-state index contributed by atoms with van der Waals surface area (Å²) in [7, 11) is 0. The van der Waals surface area contributed by atoms with E-state index in [0.717, 1.165) is 33.8 Å². The van der Waals surface area contributed by atoms with E-state index < -0.39 is 0 Å². The summed E-state index contributed by atoms with van der Waals surface area (Å²) < 4.78 is 8.94. The summed E-state index contributed by atoms with van der Waals surface area (Å²) in [5.74, 6) is 2.99. The van der Waals surface area contributed by atoms with E-state index in [1.807, 2.05) is 24.3 Å². The minimum Gasteiger partial charge on any atom is -0.456 e. The molecule has 0 spiro atoms. The molecule has 0 N–H and O–H groups in total. The van der Waals surface area contributed by atoms with E-state index in [0.29, 0.717) is 33.8 Å². The van der Waals surface area contributed by atoms with Crippen molar-refractivity contribution < 1.29 is 4.42 Å². The number of aromatic nitrogens is 1. The van der Waals surface area contributed by atoms with Gasteiger partial charge in [-0.1, -0.05) is 85.7 Å². The highest BCUT2D eigenvalue weighted by atomic mass is 16.3. The van der Waals surface area contributed by atoms with Gasteiger partial charge in [-0.05, 0) is 141 Å². The summed E-state index contributed by atoms with van der Waals surface area (Å²) >= 11 is 0. The number of benzene rings is 5. The lowest BCUT2D eigenvalue weighted by Crippen LogP contribution is -2.25. The van der Waals surface area contributed by atoms with E-state index in [-0.39, 0.29) is 21.7 Å². The first-order valence-corrected chi connectivity index (χ1v) is 21.0. The van der Waals surface area contributed by atoms with E-state index in [2.05, 4.69) is 102 Å². The molecule has 5 aliphatic carbocycles. The van der Waals surface area contributed by atoms with Crippen LogP contribution in [0, 0.1) is 23.2 Å². The van der Waals surface area contributed by atoms with Crippen LogP contribution in [0.4, 0.5) is 0 Å². The van der Waals surface area contributed by atoms with E-state index in [9.17, 15) is 10.1 Å². The van der Waals surface area contributed by atoms with Gasteiger partial charge in [-0.25, -0.2) is 0 Å². The monoisotopic (exact) mass is 732 g/mol. The number of para-hydroxylation sites is 1. The molecule has 5 aromatic carbocycles. The lowest BCUT2D eigenvalue weighted by atomic mass is 9.67. The third kappa shape index (κ3) is 3.97. The molecule has 56 heavy (non-hydrogen) atoms. The van der Waals surface area contributed by atoms with Gasteiger partial charge < -0.3 is 8.82 Å². The van der Waals surface area contributed by atoms with Crippen LogP contribution >= 0.6 is 0 Å². The Labute approximate surface area is 327 Å². The van der Waals surface area contributed by atoms with Crippen LogP contribution < -0.4 is 5.43 Å². The first kappa shape index (κ1) is 33.0. The van der Waals surface area contributed by atoms with Gasteiger partial charge in [-0.2, -0.15) is 5.26 Å². The second-order valence-corrected chi connectivity index (χ2v) is 20.8. The molecule has 4 heteroatoms. The minimum absolute atomic E-state index is 0.0161. The SMILES string of the molecule is CC(C)(C)c1cc(C(C)(C)C)c2c3c4c(c(C#N)cc3n3c5cc6c(=O)c7ccccc7oc6cc5c1c23)C(C)(C)c1cc2c(cc1-4)C1CC3CC(C1)CC2C3. The fourth-order valence-corrected chi connectivity index (χ4v) is 12.9. The molecule has 0 radical (unpaired) electrons. The van der Waals surface area contributed by atoms with Crippen molar-refractivity contribution in [1.82, 2.24) is 4.40 Å². The lowest BCUT2D eigenvalue weighted by molar-refractivity contribution is 0.166. The van der Waals surface area contributed by atoms with Crippen LogP contribution in [0.3, 0.4) is 0 Å². The summed E-state index contributed by atoms with van der Waals surface area (Å²) in [6.07, 6.45) is 6.74. The van der Waals surface area contributed by atoms with Gasteiger partial charge in [0.05, 0.1) is 39.0 Å². The van der Waals surface area contributed by atoms with E-state index >= 15 is 0 Å². The summed E-state index contributed by atoms with van der Waals surface area (Å²) in [5.41, 5.74) is 15.5. The molecule has 0 amide bonds. The second kappa shape index (κ2) is 10.2. The lowest BCUT2D eigenvalue weighted by Gasteiger charge is -2.38. The van der Waals surface area contributed by atoms with Crippen LogP contribution in [0.5, 0.6) is 0 Å². The minimum atomic E-state index is -0.328. The van der Waals surface area contributed by atoms with E-state index in [1.54, 1.807) is 11.1 Å². The molecule has 3 heterocycles. The molecular formula is C52H48N2O2. The van der Waals surface area contributed by atoms with Crippen LogP contribution in [-0.4, -0.2) is 4.40 Å². The van der Waals surface area contributed by atoms with Gasteiger partial charge in [-0.15, -0.1) is 0 Å². The van der Waals surface area contributed by atoms with Crippen molar-refractivity contribution >= 4 is 60.0 Å². The van der Waals surface area contributed by atoms with Crippen molar-refractivity contribution in [3.8, 4) is 17.2 Å². The normalized spacial score (nSPS) is 22.5. The Kier molecular flexibility index (Phi) is 6.04. The number of hydrogen-bond acceptors (Lipinski definition) is 3. The average Bonchev–Trinajstić information content (AvgIpc) is 3.68. The molecule has 2 atom stereocenters. The highest BCUT2D eigenvalue weighted by Gasteiger charge is 2.46. The van der Waals surface area contributed by atoms with Crippen LogP contribution in [0.15, 0.2) is 69.9 Å². The van der Waals surface area contributed by atoms with Crippen LogP contribution in [0.2, 0.25) is 0 Å². The van der Waals surface area contributed by atoms with Crippen LogP contribution in [-0.2, 0) is 16.2 Å². The third-order valence-corrected chi connectivity index (χ3v) is 15.1. The highest BCUT2D eigenvalue weighted by Crippen LogP contribution is 2.62. The van der Waals surface area contributed by atoms with Crippen LogP contribution in [0.1, 0.15) is 138 Å². The zero-order valence-corrected chi connectivity index (χ0v) is 33.8. The van der Waals surface area contributed by atoms with Gasteiger partial charge in [-0.3, -0.25) is 4.79 Å². The Balaban J connectivity index is 1.31. The van der Waals surface area contributed by atoms with Gasteiger partial charge in [0.15, 0.2) is 0 Å². The van der Waals surface area contributed by atoms with Gasteiger partial charge in [0.2, 0.25) is 5.43 Å². The maximum atomic E-state index is 14.2. The number of nitrogens with zero attached hydrogens (tertiary/aromatic N) is 2.